The SMILES string of the molecule is CC(C)C[C@H](N)C(O)P(=O)(O)c1ccccc1. The van der Waals surface area contributed by atoms with Gasteiger partial charge in [0.05, 0.1) is 0 Å². The van der Waals surface area contributed by atoms with Gasteiger partial charge in [-0.1, -0.05) is 32.0 Å². The summed E-state index contributed by atoms with van der Waals surface area (Å²) in [6, 6.07) is 7.46. The molecule has 0 radical (unpaired) electrons. The van der Waals surface area contributed by atoms with E-state index in [1.807, 2.05) is 13.8 Å². The van der Waals surface area contributed by atoms with E-state index in [4.69, 9.17) is 5.73 Å². The minimum absolute atomic E-state index is 0.242. The van der Waals surface area contributed by atoms with E-state index in [2.05, 4.69) is 0 Å². The Morgan fingerprint density at radius 2 is 1.82 bits per heavy atom. The number of aliphatic hydroxyl groups is 1. The second-order valence-corrected chi connectivity index (χ2v) is 6.96. The lowest BCUT2D eigenvalue weighted by Gasteiger charge is -2.25. The molecule has 2 unspecified atom stereocenters. The van der Waals surface area contributed by atoms with Gasteiger partial charge >= 0.3 is 0 Å². The molecule has 0 aliphatic heterocycles. The van der Waals surface area contributed by atoms with Crippen molar-refractivity contribution in [1.82, 2.24) is 0 Å². The summed E-state index contributed by atoms with van der Waals surface area (Å²) < 4.78 is 12.2. The lowest BCUT2D eigenvalue weighted by molar-refractivity contribution is 0.191. The predicted octanol–water partition coefficient (Wildman–Crippen LogP) is 1.27. The Morgan fingerprint density at radius 3 is 2.29 bits per heavy atom. The quantitative estimate of drug-likeness (QED) is 0.694. The van der Waals surface area contributed by atoms with Gasteiger partial charge < -0.3 is 15.7 Å². The first-order valence-electron chi connectivity index (χ1n) is 5.67. The molecular formula is C12H20NO3P. The Balaban J connectivity index is 2.87. The third kappa shape index (κ3) is 3.65. The summed E-state index contributed by atoms with van der Waals surface area (Å²) in [6.07, 6.45) is 0.512. The van der Waals surface area contributed by atoms with Crippen molar-refractivity contribution < 1.29 is 14.6 Å². The zero-order chi connectivity index (χ0) is 13.1. The van der Waals surface area contributed by atoms with Crippen LogP contribution >= 0.6 is 7.37 Å². The maximum atomic E-state index is 12.2. The Morgan fingerprint density at radius 1 is 1.29 bits per heavy atom. The van der Waals surface area contributed by atoms with Gasteiger partial charge in [0.1, 0.15) is 5.85 Å². The van der Waals surface area contributed by atoms with E-state index in [-0.39, 0.29) is 11.2 Å². The Bertz CT molecular complexity index is 394. The monoisotopic (exact) mass is 257 g/mol. The highest BCUT2D eigenvalue weighted by molar-refractivity contribution is 7.66. The molecule has 96 valence electrons. The lowest BCUT2D eigenvalue weighted by atomic mass is 10.1. The third-order valence-corrected chi connectivity index (χ3v) is 4.75. The fraction of sp³-hybridized carbons (Fsp3) is 0.500. The largest absolute Gasteiger partial charge is 0.381 e. The summed E-state index contributed by atoms with van der Waals surface area (Å²) in [5, 5.41) is 10.2. The standard InChI is InChI=1S/C12H20NO3P/c1-9(2)8-11(13)12(14)17(15,16)10-6-4-3-5-7-10/h3-7,9,11-12,14H,8,13H2,1-2H3,(H,15,16)/t11-,12?/m0/s1. The zero-order valence-electron chi connectivity index (χ0n) is 10.2. The second-order valence-electron chi connectivity index (χ2n) is 4.67. The molecule has 0 saturated carbocycles. The number of hydrogen-bond acceptors (Lipinski definition) is 3. The van der Waals surface area contributed by atoms with Crippen molar-refractivity contribution in [2.24, 2.45) is 11.7 Å². The molecule has 0 aliphatic carbocycles. The van der Waals surface area contributed by atoms with Crippen molar-refractivity contribution >= 4 is 12.7 Å². The molecule has 1 rings (SSSR count). The zero-order valence-corrected chi connectivity index (χ0v) is 11.0. The van der Waals surface area contributed by atoms with Gasteiger partial charge in [-0.25, -0.2) is 0 Å². The van der Waals surface area contributed by atoms with E-state index in [1.54, 1.807) is 18.2 Å². The predicted molar refractivity (Wildman–Crippen MR) is 69.3 cm³/mol. The van der Waals surface area contributed by atoms with Gasteiger partial charge in [0.25, 0.3) is 7.37 Å². The molecule has 0 spiro atoms. The van der Waals surface area contributed by atoms with E-state index in [1.165, 1.54) is 12.1 Å². The molecule has 1 aromatic rings. The van der Waals surface area contributed by atoms with Crippen molar-refractivity contribution in [3.63, 3.8) is 0 Å². The van der Waals surface area contributed by atoms with Crippen LogP contribution in [0.2, 0.25) is 0 Å². The first-order valence-corrected chi connectivity index (χ1v) is 7.40. The summed E-state index contributed by atoms with van der Waals surface area (Å²) in [4.78, 5) is 9.96. The molecule has 0 amide bonds. The number of aliphatic hydroxyl groups excluding tert-OH is 1. The highest BCUT2D eigenvalue weighted by atomic mass is 31.2. The number of hydrogen-bond donors (Lipinski definition) is 3. The van der Waals surface area contributed by atoms with Crippen molar-refractivity contribution in [2.75, 3.05) is 0 Å². The molecule has 5 heteroatoms. The molecule has 0 bridgehead atoms. The Labute approximate surface area is 102 Å². The Hall–Kier alpha value is -0.670. The molecule has 1 aromatic carbocycles. The topological polar surface area (TPSA) is 83.5 Å². The van der Waals surface area contributed by atoms with Gasteiger partial charge in [-0.2, -0.15) is 0 Å². The van der Waals surface area contributed by atoms with Gasteiger partial charge in [-0.05, 0) is 24.5 Å². The van der Waals surface area contributed by atoms with Crippen LogP contribution in [0.5, 0.6) is 0 Å². The van der Waals surface area contributed by atoms with Crippen LogP contribution in [0.25, 0.3) is 0 Å². The minimum Gasteiger partial charge on any atom is -0.381 e. The van der Waals surface area contributed by atoms with Crippen LogP contribution in [-0.4, -0.2) is 21.9 Å². The molecule has 0 aromatic heterocycles. The highest BCUT2D eigenvalue weighted by Gasteiger charge is 2.35. The first-order chi connectivity index (χ1) is 7.85. The highest BCUT2D eigenvalue weighted by Crippen LogP contribution is 2.45. The number of nitrogens with two attached hydrogens (primary N) is 1. The van der Waals surface area contributed by atoms with Crippen LogP contribution in [0, 0.1) is 5.92 Å². The van der Waals surface area contributed by atoms with Crippen LogP contribution in [0.4, 0.5) is 0 Å². The molecular weight excluding hydrogens is 237 g/mol. The van der Waals surface area contributed by atoms with E-state index >= 15 is 0 Å². The van der Waals surface area contributed by atoms with Gasteiger partial charge in [0, 0.05) is 11.3 Å². The summed E-state index contributed by atoms with van der Waals surface area (Å²) in [5.41, 5.74) is 5.76. The molecule has 0 fully saturated rings. The van der Waals surface area contributed by atoms with Crippen molar-refractivity contribution in [3.05, 3.63) is 30.3 Å². The molecule has 3 atom stereocenters. The van der Waals surface area contributed by atoms with Crippen LogP contribution in [0.3, 0.4) is 0 Å². The first kappa shape index (κ1) is 14.4. The van der Waals surface area contributed by atoms with Gasteiger partial charge in [-0.15, -0.1) is 0 Å². The summed E-state index contributed by atoms with van der Waals surface area (Å²) in [7, 11) is -3.82. The van der Waals surface area contributed by atoms with Crippen molar-refractivity contribution in [1.29, 1.82) is 0 Å². The molecule has 0 saturated heterocycles. The summed E-state index contributed by atoms with van der Waals surface area (Å²) >= 11 is 0. The number of rotatable bonds is 5. The maximum absolute atomic E-state index is 12.2. The fourth-order valence-electron chi connectivity index (χ4n) is 1.72. The fourth-order valence-corrected chi connectivity index (χ4v) is 3.27. The smallest absolute Gasteiger partial charge is 0.258 e. The van der Waals surface area contributed by atoms with E-state index in [0.717, 1.165) is 0 Å². The average Bonchev–Trinajstić information content (AvgIpc) is 2.28. The normalized spacial score (nSPS) is 18.7. The third-order valence-electron chi connectivity index (χ3n) is 2.61. The van der Waals surface area contributed by atoms with Gasteiger partial charge in [0.15, 0.2) is 0 Å². The maximum Gasteiger partial charge on any atom is 0.258 e. The van der Waals surface area contributed by atoms with Crippen LogP contribution in [-0.2, 0) is 4.57 Å². The summed E-state index contributed by atoms with van der Waals surface area (Å²) in [6.45, 7) is 3.91. The molecule has 0 heterocycles. The van der Waals surface area contributed by atoms with E-state index in [0.29, 0.717) is 6.42 Å². The van der Waals surface area contributed by atoms with Gasteiger partial charge in [0.2, 0.25) is 0 Å². The van der Waals surface area contributed by atoms with Crippen LogP contribution < -0.4 is 11.0 Å². The van der Waals surface area contributed by atoms with E-state index < -0.39 is 19.3 Å². The average molecular weight is 257 g/mol. The lowest BCUT2D eigenvalue weighted by Crippen LogP contribution is -2.37. The van der Waals surface area contributed by atoms with Crippen molar-refractivity contribution in [3.8, 4) is 0 Å². The molecule has 0 aliphatic rings. The Kier molecular flexibility index (Phi) is 4.90. The minimum atomic E-state index is -3.82. The molecule has 4 N–H and O–H groups in total. The second kappa shape index (κ2) is 5.78. The van der Waals surface area contributed by atoms with E-state index in [9.17, 15) is 14.6 Å². The van der Waals surface area contributed by atoms with Crippen molar-refractivity contribution in [2.45, 2.75) is 32.2 Å². The summed E-state index contributed by atoms with van der Waals surface area (Å²) in [5.74, 6) is -1.14. The molecule has 4 nitrogen and oxygen atoms in total. The van der Waals surface area contributed by atoms with Crippen LogP contribution in [0.1, 0.15) is 20.3 Å². The van der Waals surface area contributed by atoms with Gasteiger partial charge in [-0.3, -0.25) is 4.57 Å². The molecule has 17 heavy (non-hydrogen) atoms. The number of benzene rings is 1. The van der Waals surface area contributed by atoms with Crippen LogP contribution in [0.15, 0.2) is 30.3 Å².